The van der Waals surface area contributed by atoms with Crippen molar-refractivity contribution >= 4 is 28.8 Å². The molecule has 0 bridgehead atoms. The Balaban J connectivity index is 0.000000205. The molecular weight excluding hydrogens is 589 g/mol. The van der Waals surface area contributed by atoms with Gasteiger partial charge in [0.2, 0.25) is 0 Å². The molecule has 232 valence electrons. The zero-order chi connectivity index (χ0) is 31.9. The average molecular weight is 627 g/mol. The molecule has 7 rings (SSSR count). The molecule has 6 nitrogen and oxygen atoms in total. The Bertz CT molecular complexity index is 1750. The van der Waals surface area contributed by atoms with E-state index in [0.717, 1.165) is 53.6 Å². The standard InChI is InChI=1S/C27H26N2O2.C12H12N2S/c28-22-6-2-8-26(18-22)30-24-14-10-20(11-15-24)4-1-5-21-12-16-25(17-13-21)31-27-9-3-7-23(29)19-27;13-9-5-3-8(4-6-9)12-7-1-2-10(14)11(12)15-12/h2-3,6-19H,1,4-5,28-29H2;1-7,11H,13-14H2. The summed E-state index contributed by atoms with van der Waals surface area (Å²) in [5, 5.41) is 0.422. The fourth-order valence-corrected chi connectivity index (χ4v) is 6.74. The van der Waals surface area contributed by atoms with Crippen molar-refractivity contribution in [3.05, 3.63) is 162 Å². The smallest absolute Gasteiger partial charge is 0.129 e. The minimum absolute atomic E-state index is 0.0898. The van der Waals surface area contributed by atoms with E-state index in [1.807, 2.05) is 109 Å². The van der Waals surface area contributed by atoms with Crippen molar-refractivity contribution in [3.8, 4) is 23.0 Å². The van der Waals surface area contributed by atoms with E-state index in [1.54, 1.807) is 0 Å². The predicted molar refractivity (Wildman–Crippen MR) is 192 cm³/mol. The summed E-state index contributed by atoms with van der Waals surface area (Å²) in [5.41, 5.74) is 30.2. The summed E-state index contributed by atoms with van der Waals surface area (Å²) in [6, 6.07) is 39.4. The molecule has 5 aromatic carbocycles. The zero-order valence-corrected chi connectivity index (χ0v) is 26.3. The predicted octanol–water partition coefficient (Wildman–Crippen LogP) is 8.60. The number of hydrogen-bond acceptors (Lipinski definition) is 7. The van der Waals surface area contributed by atoms with Gasteiger partial charge in [0.05, 0.1) is 10.00 Å². The third-order valence-electron chi connectivity index (χ3n) is 7.91. The number of aryl methyl sites for hydroxylation is 2. The second-order valence-electron chi connectivity index (χ2n) is 11.4. The molecule has 1 aliphatic heterocycles. The van der Waals surface area contributed by atoms with Crippen LogP contribution in [-0.4, -0.2) is 5.25 Å². The van der Waals surface area contributed by atoms with Crippen LogP contribution in [0.1, 0.15) is 23.1 Å². The number of anilines is 3. The Morgan fingerprint density at radius 2 is 1.09 bits per heavy atom. The van der Waals surface area contributed by atoms with Gasteiger partial charge >= 0.3 is 0 Å². The van der Waals surface area contributed by atoms with Crippen LogP contribution in [0.25, 0.3) is 0 Å². The first-order valence-corrected chi connectivity index (χ1v) is 16.2. The van der Waals surface area contributed by atoms with E-state index in [2.05, 4.69) is 42.5 Å². The van der Waals surface area contributed by atoms with Crippen molar-refractivity contribution in [1.82, 2.24) is 0 Å². The molecule has 46 heavy (non-hydrogen) atoms. The van der Waals surface area contributed by atoms with Gasteiger partial charge in [0, 0.05) is 34.9 Å². The Morgan fingerprint density at radius 1 is 0.565 bits per heavy atom. The van der Waals surface area contributed by atoms with Gasteiger partial charge in [-0.1, -0.05) is 60.7 Å². The zero-order valence-electron chi connectivity index (χ0n) is 25.5. The lowest BCUT2D eigenvalue weighted by Gasteiger charge is -2.14. The number of nitrogens with two attached hydrogens (primary N) is 4. The van der Waals surface area contributed by atoms with Crippen LogP contribution in [0.15, 0.2) is 145 Å². The van der Waals surface area contributed by atoms with Crippen LogP contribution < -0.4 is 32.4 Å². The molecule has 5 aromatic rings. The molecule has 0 aromatic heterocycles. The fourth-order valence-electron chi connectivity index (χ4n) is 5.43. The van der Waals surface area contributed by atoms with Gasteiger partial charge in [0.25, 0.3) is 0 Å². The van der Waals surface area contributed by atoms with Crippen LogP contribution in [0.3, 0.4) is 0 Å². The summed E-state index contributed by atoms with van der Waals surface area (Å²) in [6.07, 6.45) is 9.36. The van der Waals surface area contributed by atoms with Gasteiger partial charge in [-0.05, 0) is 103 Å². The minimum Gasteiger partial charge on any atom is -0.457 e. The molecule has 0 radical (unpaired) electrons. The van der Waals surface area contributed by atoms with Gasteiger partial charge in [-0.25, -0.2) is 0 Å². The van der Waals surface area contributed by atoms with Gasteiger partial charge in [-0.2, -0.15) is 0 Å². The first kappa shape index (κ1) is 30.7. The van der Waals surface area contributed by atoms with Gasteiger partial charge in [-0.3, -0.25) is 0 Å². The topological polar surface area (TPSA) is 123 Å². The third-order valence-corrected chi connectivity index (χ3v) is 9.53. The number of hydrogen-bond donors (Lipinski definition) is 4. The maximum absolute atomic E-state index is 5.94. The summed E-state index contributed by atoms with van der Waals surface area (Å²) in [4.78, 5) is 0. The molecule has 1 aliphatic carbocycles. The number of allylic oxidation sites excluding steroid dienone is 2. The van der Waals surface area contributed by atoms with E-state index in [-0.39, 0.29) is 4.75 Å². The van der Waals surface area contributed by atoms with Crippen LogP contribution in [0.2, 0.25) is 0 Å². The maximum Gasteiger partial charge on any atom is 0.129 e. The van der Waals surface area contributed by atoms with E-state index >= 15 is 0 Å². The molecule has 0 amide bonds. The lowest BCUT2D eigenvalue weighted by Crippen LogP contribution is -2.17. The first-order valence-electron chi connectivity index (χ1n) is 15.3. The molecular formula is C39H38N4O2S. The molecule has 0 saturated carbocycles. The average Bonchev–Trinajstić information content (AvgIpc) is 3.81. The van der Waals surface area contributed by atoms with E-state index in [1.165, 1.54) is 16.7 Å². The second kappa shape index (κ2) is 13.8. The Kier molecular flexibility index (Phi) is 9.22. The van der Waals surface area contributed by atoms with Gasteiger partial charge in [0.1, 0.15) is 23.0 Å². The number of benzene rings is 5. The maximum atomic E-state index is 5.94. The lowest BCUT2D eigenvalue weighted by atomic mass is 9.91. The summed E-state index contributed by atoms with van der Waals surface area (Å²) in [5.74, 6) is 3.11. The van der Waals surface area contributed by atoms with Crippen molar-refractivity contribution in [2.24, 2.45) is 5.73 Å². The Hall–Kier alpha value is -5.27. The molecule has 7 heteroatoms. The van der Waals surface area contributed by atoms with Crippen molar-refractivity contribution in [2.45, 2.75) is 29.3 Å². The largest absolute Gasteiger partial charge is 0.457 e. The number of rotatable bonds is 9. The van der Waals surface area contributed by atoms with Gasteiger partial charge in [-0.15, -0.1) is 11.8 Å². The second-order valence-corrected chi connectivity index (χ2v) is 12.8. The Labute approximate surface area is 274 Å². The summed E-state index contributed by atoms with van der Waals surface area (Å²) < 4.78 is 11.8. The monoisotopic (exact) mass is 626 g/mol. The van der Waals surface area contributed by atoms with Crippen molar-refractivity contribution in [3.63, 3.8) is 0 Å². The van der Waals surface area contributed by atoms with Crippen molar-refractivity contribution in [1.29, 1.82) is 0 Å². The summed E-state index contributed by atoms with van der Waals surface area (Å²) in [6.45, 7) is 0. The van der Waals surface area contributed by atoms with Crippen molar-refractivity contribution < 1.29 is 9.47 Å². The van der Waals surface area contributed by atoms with Crippen LogP contribution >= 0.6 is 11.8 Å². The quantitative estimate of drug-likeness (QED) is 0.0954. The van der Waals surface area contributed by atoms with Gasteiger partial charge in [0.15, 0.2) is 0 Å². The van der Waals surface area contributed by atoms with E-state index in [4.69, 9.17) is 32.4 Å². The Morgan fingerprint density at radius 3 is 1.59 bits per heavy atom. The number of fused-ring (bicyclic) bond motifs is 1. The highest BCUT2D eigenvalue weighted by atomic mass is 32.2. The number of thioether (sulfide) groups is 1. The molecule has 2 unspecified atom stereocenters. The van der Waals surface area contributed by atoms with Gasteiger partial charge < -0.3 is 32.4 Å². The molecule has 8 N–H and O–H groups in total. The van der Waals surface area contributed by atoms with E-state index in [9.17, 15) is 0 Å². The highest BCUT2D eigenvalue weighted by Gasteiger charge is 2.57. The summed E-state index contributed by atoms with van der Waals surface area (Å²) >= 11 is 1.89. The minimum atomic E-state index is 0.0898. The lowest BCUT2D eigenvalue weighted by molar-refractivity contribution is 0.482. The van der Waals surface area contributed by atoms with E-state index < -0.39 is 0 Å². The van der Waals surface area contributed by atoms with Crippen LogP contribution in [0.4, 0.5) is 17.1 Å². The van der Waals surface area contributed by atoms with Crippen LogP contribution in [-0.2, 0) is 17.6 Å². The summed E-state index contributed by atoms with van der Waals surface area (Å²) in [7, 11) is 0. The molecule has 1 saturated heterocycles. The highest BCUT2D eigenvalue weighted by Crippen LogP contribution is 2.65. The number of nitrogen functional groups attached to an aromatic ring is 3. The molecule has 1 fully saturated rings. The van der Waals surface area contributed by atoms with Crippen molar-refractivity contribution in [2.75, 3.05) is 17.2 Å². The molecule has 2 atom stereocenters. The van der Waals surface area contributed by atoms with E-state index in [0.29, 0.717) is 16.6 Å². The molecule has 1 heterocycles. The normalized spacial score (nSPS) is 17.6. The SMILES string of the molecule is NC1=CC=CC2(c3ccc(N)cc3)SC12.Nc1cccc(Oc2ccc(CCCc3ccc(Oc4cccc(N)c4)cc3)cc2)c1. The fraction of sp³-hybridized carbons (Fsp3) is 0.128. The number of ether oxygens (including phenoxy) is 2. The first-order chi connectivity index (χ1) is 22.4. The highest BCUT2D eigenvalue weighted by molar-refractivity contribution is 8.08. The van der Waals surface area contributed by atoms with Crippen LogP contribution in [0.5, 0.6) is 23.0 Å². The third kappa shape index (κ3) is 7.68. The molecule has 0 spiro atoms. The molecule has 2 aliphatic rings. The van der Waals surface area contributed by atoms with Crippen LogP contribution in [0, 0.1) is 0 Å².